The van der Waals surface area contributed by atoms with E-state index in [9.17, 15) is 0 Å². The van der Waals surface area contributed by atoms with Gasteiger partial charge in [-0.15, -0.1) is 0 Å². The average Bonchev–Trinajstić information content (AvgIpc) is 2.60. The van der Waals surface area contributed by atoms with Crippen molar-refractivity contribution in [3.63, 3.8) is 0 Å². The summed E-state index contributed by atoms with van der Waals surface area (Å²) in [5, 5.41) is 3.83. The van der Waals surface area contributed by atoms with E-state index in [0.717, 1.165) is 24.5 Å². The number of hydrogen-bond donors (Lipinski definition) is 1. The van der Waals surface area contributed by atoms with Crippen LogP contribution >= 0.6 is 0 Å². The minimum absolute atomic E-state index is 0.741. The summed E-state index contributed by atoms with van der Waals surface area (Å²) in [5.74, 6) is 0.930. The maximum absolute atomic E-state index is 3.83. The molecule has 0 saturated carbocycles. The van der Waals surface area contributed by atoms with Crippen molar-refractivity contribution in [1.29, 1.82) is 0 Å². The summed E-state index contributed by atoms with van der Waals surface area (Å²) in [6.07, 6.45) is 4.07. The van der Waals surface area contributed by atoms with E-state index < -0.39 is 0 Å². The third-order valence-electron chi connectivity index (χ3n) is 5.04. The zero-order valence-electron chi connectivity index (χ0n) is 10.2. The Morgan fingerprint density at radius 3 is 2.65 bits per heavy atom. The predicted molar refractivity (Wildman–Crippen MR) is 68.9 cm³/mol. The molecule has 0 amide bonds. The molecule has 4 heterocycles. The molecule has 1 aromatic rings. The molecule has 2 heteroatoms. The highest BCUT2D eigenvalue weighted by molar-refractivity contribution is 5.30. The zero-order valence-corrected chi connectivity index (χ0v) is 10.2. The highest BCUT2D eigenvalue weighted by Crippen LogP contribution is 2.35. The van der Waals surface area contributed by atoms with Gasteiger partial charge in [0.1, 0.15) is 0 Å². The fraction of sp³-hybridized carbons (Fsp3) is 0.600. The molecule has 2 unspecified atom stereocenters. The molecule has 1 N–H and O–H groups in total. The topological polar surface area (TPSA) is 15.3 Å². The Bertz CT molecular complexity index is 421. The molecule has 2 atom stereocenters. The van der Waals surface area contributed by atoms with Crippen LogP contribution < -0.4 is 5.32 Å². The minimum Gasteiger partial charge on any atom is -0.308 e. The molecular weight excluding hydrogens is 208 g/mol. The Balaban J connectivity index is 1.70. The van der Waals surface area contributed by atoms with Crippen LogP contribution in [0.25, 0.3) is 0 Å². The quantitative estimate of drug-likeness (QED) is 0.728. The monoisotopic (exact) mass is 228 g/mol. The lowest BCUT2D eigenvalue weighted by molar-refractivity contribution is 0.0152. The molecular formula is C15H20N2. The van der Waals surface area contributed by atoms with Crippen LogP contribution in [-0.2, 0) is 13.0 Å². The number of nitrogens with one attached hydrogen (secondary N) is 1. The third kappa shape index (κ3) is 1.54. The number of fused-ring (bicyclic) bond motifs is 3. The Morgan fingerprint density at radius 1 is 1.06 bits per heavy atom. The van der Waals surface area contributed by atoms with Gasteiger partial charge in [-0.1, -0.05) is 24.3 Å². The summed E-state index contributed by atoms with van der Waals surface area (Å²) < 4.78 is 0. The van der Waals surface area contributed by atoms with E-state index in [0.29, 0.717) is 0 Å². The summed E-state index contributed by atoms with van der Waals surface area (Å²) in [6, 6.07) is 10.5. The van der Waals surface area contributed by atoms with E-state index in [1.807, 2.05) is 0 Å². The van der Waals surface area contributed by atoms with Crippen molar-refractivity contribution in [3.8, 4) is 0 Å². The lowest BCUT2D eigenvalue weighted by atomic mass is 9.77. The maximum atomic E-state index is 3.83. The molecule has 0 aliphatic carbocycles. The highest BCUT2D eigenvalue weighted by atomic mass is 15.2. The van der Waals surface area contributed by atoms with Crippen molar-refractivity contribution in [2.24, 2.45) is 5.92 Å². The molecule has 0 radical (unpaired) electrons. The maximum Gasteiger partial charge on any atom is 0.0292 e. The second kappa shape index (κ2) is 3.82. The zero-order chi connectivity index (χ0) is 11.2. The highest BCUT2D eigenvalue weighted by Gasteiger charge is 2.42. The first-order valence-electron chi connectivity index (χ1n) is 6.96. The molecule has 0 aromatic heterocycles. The van der Waals surface area contributed by atoms with Crippen molar-refractivity contribution in [2.75, 3.05) is 13.1 Å². The summed E-state index contributed by atoms with van der Waals surface area (Å²) in [4.78, 5) is 2.72. The van der Waals surface area contributed by atoms with E-state index in [1.165, 1.54) is 37.9 Å². The Morgan fingerprint density at radius 2 is 1.82 bits per heavy atom. The number of rotatable bonds is 0. The van der Waals surface area contributed by atoms with Gasteiger partial charge in [-0.2, -0.15) is 0 Å². The van der Waals surface area contributed by atoms with Crippen molar-refractivity contribution >= 4 is 0 Å². The normalized spacial score (nSPS) is 39.3. The molecule has 1 aromatic carbocycles. The molecule has 90 valence electrons. The van der Waals surface area contributed by atoms with Gasteiger partial charge >= 0.3 is 0 Å². The lowest BCUT2D eigenvalue weighted by Crippen LogP contribution is -2.62. The van der Waals surface area contributed by atoms with Gasteiger partial charge in [0, 0.05) is 18.6 Å². The molecule has 5 rings (SSSR count). The van der Waals surface area contributed by atoms with Crippen LogP contribution in [0, 0.1) is 5.92 Å². The Hall–Kier alpha value is -0.860. The lowest BCUT2D eigenvalue weighted by Gasteiger charge is -2.50. The third-order valence-corrected chi connectivity index (χ3v) is 5.04. The van der Waals surface area contributed by atoms with E-state index in [1.54, 1.807) is 5.56 Å². The van der Waals surface area contributed by atoms with Crippen molar-refractivity contribution in [3.05, 3.63) is 35.4 Å². The van der Waals surface area contributed by atoms with Crippen LogP contribution in [0.1, 0.15) is 24.0 Å². The summed E-state index contributed by atoms with van der Waals surface area (Å²) in [7, 11) is 0. The van der Waals surface area contributed by atoms with Crippen LogP contribution in [-0.4, -0.2) is 30.1 Å². The van der Waals surface area contributed by atoms with Crippen molar-refractivity contribution in [1.82, 2.24) is 10.2 Å². The van der Waals surface area contributed by atoms with Crippen LogP contribution in [0.15, 0.2) is 24.3 Å². The van der Waals surface area contributed by atoms with Crippen LogP contribution in [0.4, 0.5) is 0 Å². The van der Waals surface area contributed by atoms with Crippen molar-refractivity contribution < 1.29 is 0 Å². The molecule has 2 bridgehead atoms. The first-order valence-corrected chi connectivity index (χ1v) is 6.96. The molecule has 3 fully saturated rings. The number of benzene rings is 1. The van der Waals surface area contributed by atoms with Gasteiger partial charge in [0.05, 0.1) is 0 Å². The summed E-state index contributed by atoms with van der Waals surface area (Å²) in [5.41, 5.74) is 3.09. The van der Waals surface area contributed by atoms with Crippen LogP contribution in [0.3, 0.4) is 0 Å². The molecule has 4 aliphatic heterocycles. The summed E-state index contributed by atoms with van der Waals surface area (Å²) in [6.45, 7) is 3.73. The molecule has 2 nitrogen and oxygen atoms in total. The second-order valence-electron chi connectivity index (χ2n) is 5.82. The Labute approximate surface area is 103 Å². The van der Waals surface area contributed by atoms with Gasteiger partial charge < -0.3 is 5.32 Å². The van der Waals surface area contributed by atoms with Gasteiger partial charge in [-0.05, 0) is 49.4 Å². The van der Waals surface area contributed by atoms with Crippen molar-refractivity contribution in [2.45, 2.75) is 37.9 Å². The number of hydrogen-bond acceptors (Lipinski definition) is 2. The van der Waals surface area contributed by atoms with E-state index in [2.05, 4.69) is 34.5 Å². The van der Waals surface area contributed by atoms with Crippen LogP contribution in [0.5, 0.6) is 0 Å². The largest absolute Gasteiger partial charge is 0.308 e. The first-order chi connectivity index (χ1) is 8.42. The fourth-order valence-electron chi connectivity index (χ4n) is 4.09. The van der Waals surface area contributed by atoms with Crippen LogP contribution in [0.2, 0.25) is 0 Å². The first kappa shape index (κ1) is 10.1. The van der Waals surface area contributed by atoms with E-state index in [-0.39, 0.29) is 0 Å². The van der Waals surface area contributed by atoms with Gasteiger partial charge in [-0.3, -0.25) is 4.90 Å². The second-order valence-corrected chi connectivity index (χ2v) is 5.82. The molecule has 4 aliphatic rings. The number of piperidine rings is 3. The molecule has 3 saturated heterocycles. The Kier molecular flexibility index (Phi) is 2.27. The van der Waals surface area contributed by atoms with Gasteiger partial charge in [0.25, 0.3) is 0 Å². The number of nitrogens with zero attached hydrogens (tertiary/aromatic N) is 1. The van der Waals surface area contributed by atoms with Gasteiger partial charge in [0.2, 0.25) is 0 Å². The average molecular weight is 228 g/mol. The standard InChI is InChI=1S/C15H20N2/c1-2-4-13-10-16-15-11-5-7-17(8-6-11)14(15)9-12(13)3-1/h1-4,11,14-16H,5-10H2. The van der Waals surface area contributed by atoms with Gasteiger partial charge in [-0.25, -0.2) is 0 Å². The van der Waals surface area contributed by atoms with E-state index >= 15 is 0 Å². The SMILES string of the molecule is c1ccc2c(c1)CNC1C3CCN(CC3)C1C2. The van der Waals surface area contributed by atoms with Gasteiger partial charge in [0.15, 0.2) is 0 Å². The molecule has 17 heavy (non-hydrogen) atoms. The predicted octanol–water partition coefficient (Wildman–Crippen LogP) is 1.80. The molecule has 0 spiro atoms. The summed E-state index contributed by atoms with van der Waals surface area (Å²) >= 11 is 0. The minimum atomic E-state index is 0.741. The smallest absolute Gasteiger partial charge is 0.0292 e. The fourth-order valence-corrected chi connectivity index (χ4v) is 4.09. The van der Waals surface area contributed by atoms with E-state index in [4.69, 9.17) is 0 Å².